The number of anilines is 1. The molecular formula is C14H17BrF3NO2. The molecule has 1 unspecified atom stereocenters. The van der Waals surface area contributed by atoms with Crippen molar-refractivity contribution in [2.45, 2.75) is 37.9 Å². The summed E-state index contributed by atoms with van der Waals surface area (Å²) >= 11 is 3.30. The zero-order chi connectivity index (χ0) is 16.1. The molecule has 0 radical (unpaired) electrons. The minimum atomic E-state index is -4.23. The highest BCUT2D eigenvalue weighted by Crippen LogP contribution is 2.28. The smallest absolute Gasteiger partial charge is 0.389 e. The van der Waals surface area contributed by atoms with E-state index in [9.17, 15) is 18.0 Å². The highest BCUT2D eigenvalue weighted by atomic mass is 79.9. The fourth-order valence-electron chi connectivity index (χ4n) is 1.97. The van der Waals surface area contributed by atoms with E-state index in [4.69, 9.17) is 4.74 Å². The van der Waals surface area contributed by atoms with E-state index in [2.05, 4.69) is 21.2 Å². The van der Waals surface area contributed by atoms with Crippen molar-refractivity contribution in [1.29, 1.82) is 0 Å². The van der Waals surface area contributed by atoms with Crippen molar-refractivity contribution in [2.24, 2.45) is 0 Å². The lowest BCUT2D eigenvalue weighted by Crippen LogP contribution is -2.44. The van der Waals surface area contributed by atoms with Crippen LogP contribution in [0.4, 0.5) is 18.9 Å². The first-order valence-corrected chi connectivity index (χ1v) is 7.14. The van der Waals surface area contributed by atoms with Crippen LogP contribution in [0.3, 0.4) is 0 Å². The molecule has 0 amide bonds. The van der Waals surface area contributed by atoms with E-state index in [1.807, 2.05) is 6.07 Å². The van der Waals surface area contributed by atoms with Crippen LogP contribution in [0.2, 0.25) is 0 Å². The Hall–Kier alpha value is -1.24. The Labute approximate surface area is 130 Å². The molecule has 7 heteroatoms. The average molecular weight is 368 g/mol. The van der Waals surface area contributed by atoms with Crippen molar-refractivity contribution in [1.82, 2.24) is 0 Å². The molecule has 0 saturated carbocycles. The number of ether oxygens (including phenoxy) is 1. The Morgan fingerprint density at radius 3 is 2.52 bits per heavy atom. The Kier molecular flexibility index (Phi) is 6.07. The number of halogens is 4. The zero-order valence-corrected chi connectivity index (χ0v) is 13.3. The van der Waals surface area contributed by atoms with Gasteiger partial charge in [-0.25, -0.2) is 4.79 Å². The fraction of sp³-hybridized carbons (Fsp3) is 0.500. The number of rotatable bonds is 6. The largest absolute Gasteiger partial charge is 0.467 e. The number of hydrogen-bond donors (Lipinski definition) is 1. The minimum Gasteiger partial charge on any atom is -0.467 e. The van der Waals surface area contributed by atoms with Gasteiger partial charge in [-0.05, 0) is 38.0 Å². The number of esters is 1. The lowest BCUT2D eigenvalue weighted by molar-refractivity contribution is -0.148. The molecule has 1 N–H and O–H groups in total. The Balaban J connectivity index is 2.81. The molecule has 118 valence electrons. The predicted molar refractivity (Wildman–Crippen MR) is 78.1 cm³/mol. The molecule has 0 heterocycles. The van der Waals surface area contributed by atoms with Crippen LogP contribution in [0.25, 0.3) is 0 Å². The maximum absolute atomic E-state index is 12.3. The fourth-order valence-corrected chi connectivity index (χ4v) is 2.37. The molecule has 0 aliphatic rings. The van der Waals surface area contributed by atoms with Gasteiger partial charge >= 0.3 is 12.1 Å². The average Bonchev–Trinajstić information content (AvgIpc) is 2.36. The molecule has 0 aliphatic heterocycles. The van der Waals surface area contributed by atoms with Gasteiger partial charge in [0.25, 0.3) is 0 Å². The van der Waals surface area contributed by atoms with Crippen LogP contribution in [0, 0.1) is 0 Å². The lowest BCUT2D eigenvalue weighted by atomic mass is 9.94. The minimum absolute atomic E-state index is 0.0195. The van der Waals surface area contributed by atoms with Crippen LogP contribution >= 0.6 is 15.9 Å². The van der Waals surface area contributed by atoms with E-state index in [1.54, 1.807) is 18.2 Å². The summed E-state index contributed by atoms with van der Waals surface area (Å²) in [5.41, 5.74) is -0.579. The van der Waals surface area contributed by atoms with Crippen molar-refractivity contribution in [3.63, 3.8) is 0 Å². The van der Waals surface area contributed by atoms with Crippen molar-refractivity contribution < 1.29 is 22.7 Å². The molecule has 1 rings (SSSR count). The predicted octanol–water partition coefficient (Wildman–Crippen LogP) is 4.53. The van der Waals surface area contributed by atoms with Crippen LogP contribution in [-0.2, 0) is 9.53 Å². The number of alkyl halides is 3. The molecule has 0 bridgehead atoms. The molecule has 1 aromatic rings. The lowest BCUT2D eigenvalue weighted by Gasteiger charge is -2.29. The third-order valence-electron chi connectivity index (χ3n) is 3.02. The maximum atomic E-state index is 12.3. The summed E-state index contributed by atoms with van der Waals surface area (Å²) < 4.78 is 42.3. The molecule has 0 spiro atoms. The van der Waals surface area contributed by atoms with E-state index in [1.165, 1.54) is 14.0 Å². The SMILES string of the molecule is COC(=O)C(C)(CCCC(F)(F)F)Nc1cccc(Br)c1. The number of benzene rings is 1. The molecule has 0 fully saturated rings. The van der Waals surface area contributed by atoms with Crippen LogP contribution in [-0.4, -0.2) is 24.8 Å². The van der Waals surface area contributed by atoms with Gasteiger partial charge < -0.3 is 10.1 Å². The first-order chi connectivity index (χ1) is 9.66. The van der Waals surface area contributed by atoms with Gasteiger partial charge in [0.15, 0.2) is 0 Å². The number of nitrogens with one attached hydrogen (secondary N) is 1. The molecule has 0 aromatic heterocycles. The summed E-state index contributed by atoms with van der Waals surface area (Å²) in [6.07, 6.45) is -5.30. The number of hydrogen-bond acceptors (Lipinski definition) is 3. The van der Waals surface area contributed by atoms with Gasteiger partial charge in [0.1, 0.15) is 5.54 Å². The Bertz CT molecular complexity index is 493. The highest BCUT2D eigenvalue weighted by Gasteiger charge is 2.36. The van der Waals surface area contributed by atoms with Crippen molar-refractivity contribution in [2.75, 3.05) is 12.4 Å². The zero-order valence-electron chi connectivity index (χ0n) is 11.8. The molecule has 0 aliphatic carbocycles. The van der Waals surface area contributed by atoms with Gasteiger partial charge in [-0.2, -0.15) is 13.2 Å². The van der Waals surface area contributed by atoms with Crippen molar-refractivity contribution >= 4 is 27.6 Å². The maximum Gasteiger partial charge on any atom is 0.389 e. The standard InChI is InChI=1S/C14H17BrF3NO2/c1-13(12(20)21-2,7-4-8-14(16,17)18)19-11-6-3-5-10(15)9-11/h3,5-6,9,19H,4,7-8H2,1-2H3. The molecule has 21 heavy (non-hydrogen) atoms. The van der Waals surface area contributed by atoms with Gasteiger partial charge in [0.05, 0.1) is 7.11 Å². The topological polar surface area (TPSA) is 38.3 Å². The second-order valence-electron chi connectivity index (χ2n) is 4.93. The van der Waals surface area contributed by atoms with Gasteiger partial charge in [0, 0.05) is 16.6 Å². The monoisotopic (exact) mass is 367 g/mol. The first-order valence-electron chi connectivity index (χ1n) is 6.35. The van der Waals surface area contributed by atoms with Gasteiger partial charge in [-0.15, -0.1) is 0 Å². The summed E-state index contributed by atoms with van der Waals surface area (Å²) in [5, 5.41) is 2.96. The van der Waals surface area contributed by atoms with Crippen LogP contribution in [0.1, 0.15) is 26.2 Å². The molecule has 1 aromatic carbocycles. The van der Waals surface area contributed by atoms with E-state index in [0.717, 1.165) is 4.47 Å². The van der Waals surface area contributed by atoms with Crippen LogP contribution < -0.4 is 5.32 Å². The Morgan fingerprint density at radius 2 is 2.00 bits per heavy atom. The third-order valence-corrected chi connectivity index (χ3v) is 3.51. The summed E-state index contributed by atoms with van der Waals surface area (Å²) in [5.74, 6) is -0.593. The van der Waals surface area contributed by atoms with Crippen LogP contribution in [0.5, 0.6) is 0 Å². The Morgan fingerprint density at radius 1 is 1.33 bits per heavy atom. The second kappa shape index (κ2) is 7.15. The van der Waals surface area contributed by atoms with Gasteiger partial charge in [0.2, 0.25) is 0 Å². The van der Waals surface area contributed by atoms with Crippen LogP contribution in [0.15, 0.2) is 28.7 Å². The van der Waals surface area contributed by atoms with E-state index in [-0.39, 0.29) is 12.8 Å². The highest BCUT2D eigenvalue weighted by molar-refractivity contribution is 9.10. The number of methoxy groups -OCH3 is 1. The summed E-state index contributed by atoms with van der Waals surface area (Å²) in [6, 6.07) is 7.05. The molecule has 1 atom stereocenters. The molecule has 0 saturated heterocycles. The van der Waals surface area contributed by atoms with E-state index >= 15 is 0 Å². The quantitative estimate of drug-likeness (QED) is 0.750. The summed E-state index contributed by atoms with van der Waals surface area (Å²) in [7, 11) is 1.22. The van der Waals surface area contributed by atoms with Gasteiger partial charge in [-0.1, -0.05) is 22.0 Å². The third kappa shape index (κ3) is 5.95. The first kappa shape index (κ1) is 17.8. The summed E-state index contributed by atoms with van der Waals surface area (Å²) in [6.45, 7) is 1.54. The normalized spacial score (nSPS) is 14.4. The second-order valence-corrected chi connectivity index (χ2v) is 5.84. The molecule has 3 nitrogen and oxygen atoms in total. The summed E-state index contributed by atoms with van der Waals surface area (Å²) in [4.78, 5) is 11.9. The van der Waals surface area contributed by atoms with Crippen molar-refractivity contribution in [3.8, 4) is 0 Å². The van der Waals surface area contributed by atoms with E-state index in [0.29, 0.717) is 5.69 Å². The number of carbonyl (C=O) groups is 1. The van der Waals surface area contributed by atoms with Crippen molar-refractivity contribution in [3.05, 3.63) is 28.7 Å². The number of carbonyl (C=O) groups excluding carboxylic acids is 1. The van der Waals surface area contributed by atoms with E-state index < -0.39 is 24.1 Å². The van der Waals surface area contributed by atoms with Gasteiger partial charge in [-0.3, -0.25) is 0 Å². The molecular weight excluding hydrogens is 351 g/mol.